The van der Waals surface area contributed by atoms with Crippen LogP contribution in [-0.2, 0) is 9.47 Å². The van der Waals surface area contributed by atoms with Gasteiger partial charge in [-0.2, -0.15) is 0 Å². The monoisotopic (exact) mass is 278 g/mol. The van der Waals surface area contributed by atoms with Crippen LogP contribution in [0.15, 0.2) is 30.3 Å². The van der Waals surface area contributed by atoms with Crippen LogP contribution in [0.5, 0.6) is 0 Å². The lowest BCUT2D eigenvalue weighted by molar-refractivity contribution is 0.0759. The summed E-state index contributed by atoms with van der Waals surface area (Å²) in [5.41, 5.74) is 1.37. The van der Waals surface area contributed by atoms with Crippen molar-refractivity contribution in [3.8, 4) is 0 Å². The lowest BCUT2D eigenvalue weighted by atomic mass is 10.0. The van der Waals surface area contributed by atoms with Gasteiger partial charge in [0.05, 0.1) is 6.61 Å². The summed E-state index contributed by atoms with van der Waals surface area (Å²) < 4.78 is 10.6. The van der Waals surface area contributed by atoms with Crippen LogP contribution in [0, 0.1) is 0 Å². The molecule has 1 aliphatic rings. The van der Waals surface area contributed by atoms with E-state index in [1.54, 1.807) is 7.11 Å². The molecule has 4 nitrogen and oxygen atoms in total. The first-order chi connectivity index (χ1) is 9.90. The fourth-order valence-electron chi connectivity index (χ4n) is 2.52. The fourth-order valence-corrected chi connectivity index (χ4v) is 2.52. The van der Waals surface area contributed by atoms with Crippen molar-refractivity contribution in [2.75, 3.05) is 53.1 Å². The standard InChI is InChI=1S/C16H26N2O2/c1-19-11-5-12-20-13-10-18-9-8-17-16(14-18)15-6-3-2-4-7-15/h2-4,6-7,16-17H,5,8-14H2,1H3. The fraction of sp³-hybridized carbons (Fsp3) is 0.625. The van der Waals surface area contributed by atoms with Crippen LogP contribution in [0.1, 0.15) is 18.0 Å². The Morgan fingerprint density at radius 1 is 1.20 bits per heavy atom. The molecule has 1 aromatic carbocycles. The minimum absolute atomic E-state index is 0.443. The topological polar surface area (TPSA) is 33.7 Å². The summed E-state index contributed by atoms with van der Waals surface area (Å²) in [6, 6.07) is 11.1. The molecule has 0 aliphatic carbocycles. The molecule has 0 amide bonds. The van der Waals surface area contributed by atoms with Crippen molar-refractivity contribution >= 4 is 0 Å². The molecule has 0 radical (unpaired) electrons. The Balaban J connectivity index is 1.66. The number of benzene rings is 1. The van der Waals surface area contributed by atoms with Crippen LogP contribution in [-0.4, -0.2) is 58.0 Å². The van der Waals surface area contributed by atoms with Crippen LogP contribution in [0.25, 0.3) is 0 Å². The molecule has 20 heavy (non-hydrogen) atoms. The summed E-state index contributed by atoms with van der Waals surface area (Å²) in [6.07, 6.45) is 0.977. The molecule has 0 aromatic heterocycles. The van der Waals surface area contributed by atoms with Crippen LogP contribution in [0.2, 0.25) is 0 Å². The summed E-state index contributed by atoms with van der Waals surface area (Å²) in [4.78, 5) is 2.48. The molecule has 1 saturated heterocycles. The first-order valence-corrected chi connectivity index (χ1v) is 7.47. The molecule has 1 aliphatic heterocycles. The minimum atomic E-state index is 0.443. The zero-order chi connectivity index (χ0) is 14.0. The maximum absolute atomic E-state index is 5.64. The zero-order valence-corrected chi connectivity index (χ0v) is 12.4. The second kappa shape index (κ2) is 9.08. The quantitative estimate of drug-likeness (QED) is 0.734. The third-order valence-corrected chi connectivity index (χ3v) is 3.65. The molecule has 1 aromatic rings. The molecule has 1 fully saturated rings. The van der Waals surface area contributed by atoms with Crippen LogP contribution < -0.4 is 5.32 Å². The van der Waals surface area contributed by atoms with Crippen molar-refractivity contribution in [1.29, 1.82) is 0 Å². The maximum atomic E-state index is 5.64. The van der Waals surface area contributed by atoms with Gasteiger partial charge in [0.2, 0.25) is 0 Å². The Labute approximate surface area is 122 Å². The Kier molecular flexibility index (Phi) is 7.01. The van der Waals surface area contributed by atoms with Gasteiger partial charge in [0.1, 0.15) is 0 Å². The molecule has 0 bridgehead atoms. The molecule has 1 unspecified atom stereocenters. The number of nitrogens with zero attached hydrogens (tertiary/aromatic N) is 1. The van der Waals surface area contributed by atoms with E-state index in [0.29, 0.717) is 6.04 Å². The molecule has 0 spiro atoms. The highest BCUT2D eigenvalue weighted by Crippen LogP contribution is 2.16. The van der Waals surface area contributed by atoms with Gasteiger partial charge >= 0.3 is 0 Å². The molecule has 1 heterocycles. The van der Waals surface area contributed by atoms with Crippen LogP contribution in [0.4, 0.5) is 0 Å². The highest BCUT2D eigenvalue weighted by molar-refractivity contribution is 5.19. The van der Waals surface area contributed by atoms with E-state index in [9.17, 15) is 0 Å². The number of nitrogens with one attached hydrogen (secondary N) is 1. The summed E-state index contributed by atoms with van der Waals surface area (Å²) >= 11 is 0. The van der Waals surface area contributed by atoms with Crippen molar-refractivity contribution in [3.63, 3.8) is 0 Å². The SMILES string of the molecule is COCCCOCCN1CCNC(c2ccccc2)C1. The van der Waals surface area contributed by atoms with Gasteiger partial charge in [0.25, 0.3) is 0 Å². The average molecular weight is 278 g/mol. The third-order valence-electron chi connectivity index (χ3n) is 3.65. The number of ether oxygens (including phenoxy) is 2. The van der Waals surface area contributed by atoms with Gasteiger partial charge in [-0.15, -0.1) is 0 Å². The van der Waals surface area contributed by atoms with Gasteiger partial charge in [0, 0.05) is 52.5 Å². The summed E-state index contributed by atoms with van der Waals surface area (Å²) in [5, 5.41) is 3.58. The number of hydrogen-bond donors (Lipinski definition) is 1. The van der Waals surface area contributed by atoms with E-state index >= 15 is 0 Å². The van der Waals surface area contributed by atoms with Gasteiger partial charge in [-0.25, -0.2) is 0 Å². The second-order valence-corrected chi connectivity index (χ2v) is 5.18. The smallest absolute Gasteiger partial charge is 0.0593 e. The van der Waals surface area contributed by atoms with E-state index in [-0.39, 0.29) is 0 Å². The normalized spacial score (nSPS) is 20.1. The number of hydrogen-bond acceptors (Lipinski definition) is 4. The number of rotatable bonds is 8. The first-order valence-electron chi connectivity index (χ1n) is 7.47. The Morgan fingerprint density at radius 2 is 2.05 bits per heavy atom. The van der Waals surface area contributed by atoms with E-state index in [1.165, 1.54) is 5.56 Å². The summed E-state index contributed by atoms with van der Waals surface area (Å²) in [5.74, 6) is 0. The molecular weight excluding hydrogens is 252 g/mol. The molecule has 4 heteroatoms. The molecule has 1 N–H and O–H groups in total. The van der Waals surface area contributed by atoms with Gasteiger partial charge < -0.3 is 14.8 Å². The molecule has 112 valence electrons. The van der Waals surface area contributed by atoms with Crippen molar-refractivity contribution in [2.24, 2.45) is 0 Å². The van der Waals surface area contributed by atoms with E-state index < -0.39 is 0 Å². The average Bonchev–Trinajstić information content (AvgIpc) is 2.52. The van der Waals surface area contributed by atoms with Crippen LogP contribution in [0.3, 0.4) is 0 Å². The van der Waals surface area contributed by atoms with Crippen LogP contribution >= 0.6 is 0 Å². The van der Waals surface area contributed by atoms with E-state index in [2.05, 4.69) is 40.5 Å². The highest BCUT2D eigenvalue weighted by atomic mass is 16.5. The van der Waals surface area contributed by atoms with E-state index in [4.69, 9.17) is 9.47 Å². The summed E-state index contributed by atoms with van der Waals surface area (Å²) in [6.45, 7) is 6.61. The maximum Gasteiger partial charge on any atom is 0.0593 e. The van der Waals surface area contributed by atoms with E-state index in [0.717, 1.165) is 52.4 Å². The van der Waals surface area contributed by atoms with Gasteiger partial charge in [-0.3, -0.25) is 4.90 Å². The Hall–Kier alpha value is -0.940. The van der Waals surface area contributed by atoms with Crippen molar-refractivity contribution in [2.45, 2.75) is 12.5 Å². The zero-order valence-electron chi connectivity index (χ0n) is 12.4. The molecule has 2 rings (SSSR count). The minimum Gasteiger partial charge on any atom is -0.385 e. The van der Waals surface area contributed by atoms with Crippen molar-refractivity contribution in [1.82, 2.24) is 10.2 Å². The predicted molar refractivity (Wildman–Crippen MR) is 80.9 cm³/mol. The Morgan fingerprint density at radius 3 is 2.85 bits per heavy atom. The lowest BCUT2D eigenvalue weighted by Crippen LogP contribution is -2.46. The molecular formula is C16H26N2O2. The second-order valence-electron chi connectivity index (χ2n) is 5.18. The van der Waals surface area contributed by atoms with Gasteiger partial charge in [-0.05, 0) is 12.0 Å². The highest BCUT2D eigenvalue weighted by Gasteiger charge is 2.19. The molecule has 0 saturated carbocycles. The lowest BCUT2D eigenvalue weighted by Gasteiger charge is -2.33. The Bertz CT molecular complexity index is 359. The first kappa shape index (κ1) is 15.4. The van der Waals surface area contributed by atoms with Crippen molar-refractivity contribution in [3.05, 3.63) is 35.9 Å². The number of piperazine rings is 1. The predicted octanol–water partition coefficient (Wildman–Crippen LogP) is 1.69. The van der Waals surface area contributed by atoms with Crippen molar-refractivity contribution < 1.29 is 9.47 Å². The third kappa shape index (κ3) is 5.21. The summed E-state index contributed by atoms with van der Waals surface area (Å²) in [7, 11) is 1.73. The van der Waals surface area contributed by atoms with Gasteiger partial charge in [0.15, 0.2) is 0 Å². The van der Waals surface area contributed by atoms with Gasteiger partial charge in [-0.1, -0.05) is 30.3 Å². The number of methoxy groups -OCH3 is 1. The largest absolute Gasteiger partial charge is 0.385 e. The van der Waals surface area contributed by atoms with E-state index in [1.807, 2.05) is 0 Å². The molecule has 1 atom stereocenters.